The molecular weight excluding hydrogens is 380 g/mol. The van der Waals surface area contributed by atoms with Gasteiger partial charge in [-0.1, -0.05) is 6.07 Å². The Morgan fingerprint density at radius 1 is 1.10 bits per heavy atom. The zero-order valence-corrected chi connectivity index (χ0v) is 16.8. The number of rotatable bonds is 8. The first-order valence-corrected chi connectivity index (χ1v) is 10.3. The fourth-order valence-electron chi connectivity index (χ4n) is 3.68. The van der Waals surface area contributed by atoms with E-state index in [4.69, 9.17) is 19.2 Å². The summed E-state index contributed by atoms with van der Waals surface area (Å²) in [5.41, 5.74) is 2.80. The Labute approximate surface area is 175 Å². The largest absolute Gasteiger partial charge is 0.493 e. The van der Waals surface area contributed by atoms with E-state index in [1.165, 1.54) is 18.4 Å². The molecule has 1 amide bonds. The number of unbranched alkanes of at least 4 members (excludes halogenated alkanes) is 1. The van der Waals surface area contributed by atoms with Crippen molar-refractivity contribution < 1.29 is 18.7 Å². The maximum atomic E-state index is 12.3. The van der Waals surface area contributed by atoms with Crippen LogP contribution in [0, 0.1) is 11.3 Å². The van der Waals surface area contributed by atoms with E-state index in [9.17, 15) is 4.79 Å². The molecule has 4 rings (SSSR count). The van der Waals surface area contributed by atoms with Crippen molar-refractivity contribution in [2.75, 3.05) is 18.5 Å². The average Bonchev–Trinajstić information content (AvgIpc) is 3.14. The smallest absolute Gasteiger partial charge is 0.262 e. The highest BCUT2D eigenvalue weighted by atomic mass is 16.5. The number of anilines is 1. The first-order valence-electron chi connectivity index (χ1n) is 10.3. The molecule has 6 heteroatoms. The number of hydrogen-bond donors (Lipinski definition) is 1. The average molecular weight is 404 g/mol. The van der Waals surface area contributed by atoms with Crippen LogP contribution in [-0.4, -0.2) is 19.1 Å². The number of carbonyl (C=O) groups excluding carboxylic acids is 1. The Hall–Kier alpha value is -3.46. The number of furan rings is 1. The van der Waals surface area contributed by atoms with Crippen molar-refractivity contribution in [3.05, 3.63) is 53.8 Å². The number of nitrogens with zero attached hydrogens (tertiary/aromatic N) is 1. The van der Waals surface area contributed by atoms with Crippen molar-refractivity contribution in [2.24, 2.45) is 0 Å². The van der Waals surface area contributed by atoms with Crippen molar-refractivity contribution in [2.45, 2.75) is 38.5 Å². The van der Waals surface area contributed by atoms with Gasteiger partial charge in [0.25, 0.3) is 5.91 Å². The van der Waals surface area contributed by atoms with E-state index >= 15 is 0 Å². The molecule has 0 unspecified atom stereocenters. The van der Waals surface area contributed by atoms with Gasteiger partial charge in [0, 0.05) is 35.5 Å². The molecule has 1 aromatic heterocycles. The van der Waals surface area contributed by atoms with Crippen LogP contribution in [0.15, 0.2) is 46.9 Å². The Kier molecular flexibility index (Phi) is 6.19. The molecule has 1 N–H and O–H groups in total. The minimum Gasteiger partial charge on any atom is -0.493 e. The highest BCUT2D eigenvalue weighted by Crippen LogP contribution is 2.33. The lowest BCUT2D eigenvalue weighted by atomic mass is 9.96. The summed E-state index contributed by atoms with van der Waals surface area (Å²) in [6.45, 7) is 0.382. The van der Waals surface area contributed by atoms with Gasteiger partial charge in [0.1, 0.15) is 22.8 Å². The molecule has 1 aliphatic carbocycles. The summed E-state index contributed by atoms with van der Waals surface area (Å²) in [7, 11) is 0. The van der Waals surface area contributed by atoms with Gasteiger partial charge in [0.15, 0.2) is 6.61 Å². The second kappa shape index (κ2) is 9.36. The van der Waals surface area contributed by atoms with Crippen molar-refractivity contribution >= 4 is 22.6 Å². The standard InChI is InChI=1S/C24H24N2O4/c25-12-3-4-13-28-18-7-5-6-17(14-18)26-24(27)16-29-19-10-11-23-21(15-19)20-8-1-2-9-22(20)30-23/h5-7,10-11,14-15H,1-4,8-9,13,16H2,(H,26,27). The van der Waals surface area contributed by atoms with Crippen LogP contribution in [0.1, 0.15) is 37.0 Å². The normalized spacial score (nSPS) is 12.8. The molecule has 0 radical (unpaired) electrons. The van der Waals surface area contributed by atoms with Gasteiger partial charge >= 0.3 is 0 Å². The molecule has 0 saturated heterocycles. The Balaban J connectivity index is 1.33. The second-order valence-electron chi connectivity index (χ2n) is 7.34. The van der Waals surface area contributed by atoms with Crippen molar-refractivity contribution in [3.63, 3.8) is 0 Å². The summed E-state index contributed by atoms with van der Waals surface area (Å²) in [5.74, 6) is 2.15. The Bertz CT molecular complexity index is 1080. The third-order valence-corrected chi connectivity index (χ3v) is 5.12. The van der Waals surface area contributed by atoms with Crippen LogP contribution in [0.5, 0.6) is 11.5 Å². The molecule has 0 aliphatic heterocycles. The molecule has 2 aromatic carbocycles. The van der Waals surface area contributed by atoms with E-state index in [2.05, 4.69) is 11.4 Å². The number of nitrogens with one attached hydrogen (secondary N) is 1. The van der Waals surface area contributed by atoms with Crippen LogP contribution in [0.3, 0.4) is 0 Å². The van der Waals surface area contributed by atoms with Gasteiger partial charge in [0.05, 0.1) is 12.7 Å². The summed E-state index contributed by atoms with van der Waals surface area (Å²) in [5, 5.41) is 12.5. The molecule has 6 nitrogen and oxygen atoms in total. The minimum absolute atomic E-state index is 0.0845. The lowest BCUT2D eigenvalue weighted by molar-refractivity contribution is -0.118. The third-order valence-electron chi connectivity index (χ3n) is 5.12. The predicted molar refractivity (Wildman–Crippen MR) is 114 cm³/mol. The first-order chi connectivity index (χ1) is 14.7. The van der Waals surface area contributed by atoms with Crippen LogP contribution in [0.2, 0.25) is 0 Å². The molecule has 0 fully saturated rings. The number of carbonyl (C=O) groups is 1. The van der Waals surface area contributed by atoms with Crippen LogP contribution in [-0.2, 0) is 17.6 Å². The molecule has 0 bridgehead atoms. The molecule has 1 aliphatic rings. The second-order valence-corrected chi connectivity index (χ2v) is 7.34. The monoisotopic (exact) mass is 404 g/mol. The van der Waals surface area contributed by atoms with Gasteiger partial charge in [-0.3, -0.25) is 4.79 Å². The van der Waals surface area contributed by atoms with Crippen molar-refractivity contribution in [3.8, 4) is 17.6 Å². The minimum atomic E-state index is -0.244. The molecule has 0 saturated carbocycles. The quantitative estimate of drug-likeness (QED) is 0.533. The molecular formula is C24H24N2O4. The van der Waals surface area contributed by atoms with E-state index in [1.807, 2.05) is 30.3 Å². The maximum absolute atomic E-state index is 12.3. The van der Waals surface area contributed by atoms with E-state index in [0.29, 0.717) is 36.6 Å². The lowest BCUT2D eigenvalue weighted by Gasteiger charge is -2.10. The fraction of sp³-hybridized carbons (Fsp3) is 0.333. The maximum Gasteiger partial charge on any atom is 0.262 e. The number of nitriles is 1. The van der Waals surface area contributed by atoms with Gasteiger partial charge in [-0.15, -0.1) is 0 Å². The Morgan fingerprint density at radius 2 is 1.97 bits per heavy atom. The zero-order chi connectivity index (χ0) is 20.8. The first kappa shape index (κ1) is 19.8. The zero-order valence-electron chi connectivity index (χ0n) is 16.8. The highest BCUT2D eigenvalue weighted by Gasteiger charge is 2.18. The topological polar surface area (TPSA) is 84.5 Å². The van der Waals surface area contributed by atoms with E-state index in [1.54, 1.807) is 12.1 Å². The highest BCUT2D eigenvalue weighted by molar-refractivity contribution is 5.92. The number of aryl methyl sites for hydroxylation is 2. The molecule has 1 heterocycles. The van der Waals surface area contributed by atoms with Crippen LogP contribution in [0.25, 0.3) is 11.0 Å². The van der Waals surface area contributed by atoms with Gasteiger partial charge in [-0.25, -0.2) is 0 Å². The fourth-order valence-corrected chi connectivity index (χ4v) is 3.68. The van der Waals surface area contributed by atoms with E-state index in [0.717, 1.165) is 29.6 Å². The number of ether oxygens (including phenoxy) is 2. The number of amides is 1. The predicted octanol–water partition coefficient (Wildman–Crippen LogP) is 5.01. The van der Waals surface area contributed by atoms with E-state index in [-0.39, 0.29) is 12.5 Å². The molecule has 154 valence electrons. The van der Waals surface area contributed by atoms with Gasteiger partial charge in [0.2, 0.25) is 0 Å². The van der Waals surface area contributed by atoms with Gasteiger partial charge in [-0.05, 0) is 56.0 Å². The molecule has 0 spiro atoms. The van der Waals surface area contributed by atoms with Crippen LogP contribution < -0.4 is 14.8 Å². The Morgan fingerprint density at radius 3 is 2.87 bits per heavy atom. The third kappa shape index (κ3) is 4.74. The van der Waals surface area contributed by atoms with E-state index < -0.39 is 0 Å². The van der Waals surface area contributed by atoms with Crippen LogP contribution in [0.4, 0.5) is 5.69 Å². The SMILES string of the molecule is N#CCCCOc1cccc(NC(=O)COc2ccc3oc4c(c3c2)CCCC4)c1. The molecule has 3 aromatic rings. The summed E-state index contributed by atoms with van der Waals surface area (Å²) in [4.78, 5) is 12.3. The lowest BCUT2D eigenvalue weighted by Crippen LogP contribution is -2.20. The summed E-state index contributed by atoms with van der Waals surface area (Å²) in [6.07, 6.45) is 5.50. The van der Waals surface area contributed by atoms with Crippen molar-refractivity contribution in [1.82, 2.24) is 0 Å². The number of hydrogen-bond acceptors (Lipinski definition) is 5. The summed E-state index contributed by atoms with van der Waals surface area (Å²) >= 11 is 0. The summed E-state index contributed by atoms with van der Waals surface area (Å²) in [6, 6.07) is 15.0. The van der Waals surface area contributed by atoms with Crippen molar-refractivity contribution in [1.29, 1.82) is 5.26 Å². The van der Waals surface area contributed by atoms with Gasteiger partial charge < -0.3 is 19.2 Å². The molecule has 30 heavy (non-hydrogen) atoms. The van der Waals surface area contributed by atoms with Crippen LogP contribution >= 0.6 is 0 Å². The van der Waals surface area contributed by atoms with Gasteiger partial charge in [-0.2, -0.15) is 5.26 Å². The molecule has 0 atom stereocenters. The number of fused-ring (bicyclic) bond motifs is 3. The number of benzene rings is 2. The summed E-state index contributed by atoms with van der Waals surface area (Å²) < 4.78 is 17.3.